The molecule has 0 radical (unpaired) electrons. The van der Waals surface area contributed by atoms with Crippen molar-refractivity contribution in [1.82, 2.24) is 4.90 Å². The minimum Gasteiger partial charge on any atom is -0.368 e. The predicted octanol–water partition coefficient (Wildman–Crippen LogP) is 0.321. The number of benzene rings is 1. The van der Waals surface area contributed by atoms with E-state index in [1.54, 1.807) is 4.90 Å². The highest BCUT2D eigenvalue weighted by Crippen LogP contribution is 2.29. The van der Waals surface area contributed by atoms with Gasteiger partial charge in [-0.3, -0.25) is 4.79 Å². The summed E-state index contributed by atoms with van der Waals surface area (Å²) in [5.41, 5.74) is 0.467. The van der Waals surface area contributed by atoms with E-state index in [4.69, 9.17) is 4.74 Å². The van der Waals surface area contributed by atoms with Crippen LogP contribution >= 0.6 is 0 Å². The third-order valence-corrected chi connectivity index (χ3v) is 7.13. The molecule has 0 aliphatic carbocycles. The summed E-state index contributed by atoms with van der Waals surface area (Å²) in [6, 6.07) is 4.16. The minimum absolute atomic E-state index is 0.00988. The zero-order chi connectivity index (χ0) is 19.8. The Morgan fingerprint density at radius 3 is 2.22 bits per heavy atom. The average Bonchev–Trinajstić information content (AvgIpc) is 3.14. The number of amides is 1. The Kier molecular flexibility index (Phi) is 5.51. The second-order valence-corrected chi connectivity index (χ2v) is 11.0. The summed E-state index contributed by atoms with van der Waals surface area (Å²) < 4.78 is 53.4. The third-order valence-electron chi connectivity index (χ3n) is 4.90. The first kappa shape index (κ1) is 20.1. The van der Waals surface area contributed by atoms with E-state index < -0.39 is 19.7 Å². The zero-order valence-corrected chi connectivity index (χ0v) is 17.1. The van der Waals surface area contributed by atoms with Crippen molar-refractivity contribution in [2.24, 2.45) is 0 Å². The molecule has 1 aromatic carbocycles. The van der Waals surface area contributed by atoms with Gasteiger partial charge in [0.25, 0.3) is 5.91 Å². The number of carbonyl (C=O) groups excluding carboxylic acids is 1. The van der Waals surface area contributed by atoms with Gasteiger partial charge in [0, 0.05) is 45.3 Å². The van der Waals surface area contributed by atoms with Crippen LogP contribution < -0.4 is 4.90 Å². The maximum atomic E-state index is 12.4. The van der Waals surface area contributed by atoms with Crippen molar-refractivity contribution in [3.63, 3.8) is 0 Å². The van der Waals surface area contributed by atoms with Gasteiger partial charge in [0.1, 0.15) is 6.10 Å². The van der Waals surface area contributed by atoms with Gasteiger partial charge in [-0.1, -0.05) is 0 Å². The summed E-state index contributed by atoms with van der Waals surface area (Å²) in [7, 11) is -7.13. The standard InChI is InChI=1S/C17H24N2O6S2/c1-26(21,22)13-5-6-14(16(12-13)27(2,23)24)18-7-9-19(10-8-18)17(20)15-4-3-11-25-15/h5-6,12,15H,3-4,7-11H2,1-2H3. The van der Waals surface area contributed by atoms with Gasteiger partial charge < -0.3 is 14.5 Å². The molecule has 0 saturated carbocycles. The molecule has 1 aromatic rings. The molecule has 27 heavy (non-hydrogen) atoms. The number of ether oxygens (including phenoxy) is 1. The Bertz CT molecular complexity index is 928. The molecule has 1 amide bonds. The molecular weight excluding hydrogens is 392 g/mol. The number of nitrogens with zero attached hydrogens (tertiary/aromatic N) is 2. The van der Waals surface area contributed by atoms with E-state index in [2.05, 4.69) is 0 Å². The Labute approximate surface area is 159 Å². The first-order chi connectivity index (χ1) is 12.6. The van der Waals surface area contributed by atoms with Gasteiger partial charge >= 0.3 is 0 Å². The van der Waals surface area contributed by atoms with Gasteiger partial charge in [-0.2, -0.15) is 0 Å². The van der Waals surface area contributed by atoms with Crippen LogP contribution in [0.1, 0.15) is 12.8 Å². The van der Waals surface area contributed by atoms with Crippen molar-refractivity contribution in [2.75, 3.05) is 50.2 Å². The molecule has 0 spiro atoms. The Hall–Kier alpha value is -1.65. The van der Waals surface area contributed by atoms with E-state index in [1.165, 1.54) is 18.2 Å². The first-order valence-electron chi connectivity index (χ1n) is 8.77. The lowest BCUT2D eigenvalue weighted by molar-refractivity contribution is -0.141. The average molecular weight is 417 g/mol. The fraction of sp³-hybridized carbons (Fsp3) is 0.588. The largest absolute Gasteiger partial charge is 0.368 e. The molecule has 1 unspecified atom stereocenters. The number of carbonyl (C=O) groups is 1. The van der Waals surface area contributed by atoms with Crippen LogP contribution in [0.5, 0.6) is 0 Å². The molecule has 10 heteroatoms. The minimum atomic E-state index is -3.62. The highest BCUT2D eigenvalue weighted by Gasteiger charge is 2.31. The van der Waals surface area contributed by atoms with E-state index >= 15 is 0 Å². The lowest BCUT2D eigenvalue weighted by Gasteiger charge is -2.37. The van der Waals surface area contributed by atoms with Gasteiger partial charge in [0.05, 0.1) is 15.5 Å². The maximum Gasteiger partial charge on any atom is 0.251 e. The lowest BCUT2D eigenvalue weighted by atomic mass is 10.2. The second-order valence-electron chi connectivity index (χ2n) is 6.99. The van der Waals surface area contributed by atoms with E-state index in [0.29, 0.717) is 38.5 Å². The Morgan fingerprint density at radius 2 is 1.70 bits per heavy atom. The van der Waals surface area contributed by atoms with E-state index in [1.807, 2.05) is 4.90 Å². The molecule has 3 rings (SSSR count). The number of sulfone groups is 2. The molecule has 2 heterocycles. The van der Waals surface area contributed by atoms with Crippen molar-refractivity contribution in [3.05, 3.63) is 18.2 Å². The van der Waals surface area contributed by atoms with Gasteiger partial charge in [-0.25, -0.2) is 16.8 Å². The molecule has 0 N–H and O–H groups in total. The molecule has 2 aliphatic rings. The first-order valence-corrected chi connectivity index (χ1v) is 12.5. The molecular formula is C17H24N2O6S2. The van der Waals surface area contributed by atoms with Crippen molar-refractivity contribution < 1.29 is 26.4 Å². The number of hydrogen-bond donors (Lipinski definition) is 0. The van der Waals surface area contributed by atoms with Crippen LogP contribution in [0.3, 0.4) is 0 Å². The molecule has 0 bridgehead atoms. The summed E-state index contributed by atoms with van der Waals surface area (Å²) in [6.45, 7) is 2.49. The van der Waals surface area contributed by atoms with Gasteiger partial charge in [0.15, 0.2) is 19.7 Å². The summed E-state index contributed by atoms with van der Waals surface area (Å²) in [6.07, 6.45) is 3.38. The molecule has 0 aromatic heterocycles. The van der Waals surface area contributed by atoms with E-state index in [9.17, 15) is 21.6 Å². The number of rotatable bonds is 4. The molecule has 2 saturated heterocycles. The summed E-state index contributed by atoms with van der Waals surface area (Å²) >= 11 is 0. The van der Waals surface area contributed by atoms with Crippen LogP contribution in [-0.2, 0) is 29.2 Å². The molecule has 1 atom stereocenters. The predicted molar refractivity (Wildman–Crippen MR) is 100 cm³/mol. The molecule has 2 fully saturated rings. The lowest BCUT2D eigenvalue weighted by Crippen LogP contribution is -2.51. The maximum absolute atomic E-state index is 12.4. The fourth-order valence-electron chi connectivity index (χ4n) is 3.43. The van der Waals surface area contributed by atoms with Crippen LogP contribution in [0, 0.1) is 0 Å². The monoisotopic (exact) mass is 416 g/mol. The smallest absolute Gasteiger partial charge is 0.251 e. The molecule has 8 nitrogen and oxygen atoms in total. The SMILES string of the molecule is CS(=O)(=O)c1ccc(N2CCN(C(=O)C3CCCO3)CC2)c(S(C)(=O)=O)c1. The third kappa shape index (κ3) is 4.44. The highest BCUT2D eigenvalue weighted by atomic mass is 32.2. The van der Waals surface area contributed by atoms with Crippen LogP contribution in [-0.4, -0.2) is 79.0 Å². The number of hydrogen-bond acceptors (Lipinski definition) is 7. The summed E-state index contributed by atoms with van der Waals surface area (Å²) in [4.78, 5) is 16.0. The highest BCUT2D eigenvalue weighted by molar-refractivity contribution is 7.91. The van der Waals surface area contributed by atoms with Gasteiger partial charge in [-0.15, -0.1) is 0 Å². The van der Waals surface area contributed by atoms with Crippen molar-refractivity contribution in [2.45, 2.75) is 28.7 Å². The molecule has 2 aliphatic heterocycles. The summed E-state index contributed by atoms with van der Waals surface area (Å²) in [5.74, 6) is -0.0112. The number of piperazine rings is 1. The van der Waals surface area contributed by atoms with Crippen molar-refractivity contribution >= 4 is 31.3 Å². The zero-order valence-electron chi connectivity index (χ0n) is 15.4. The molecule has 150 valence electrons. The number of anilines is 1. The Balaban J connectivity index is 1.80. The van der Waals surface area contributed by atoms with Crippen LogP contribution in [0.25, 0.3) is 0 Å². The van der Waals surface area contributed by atoms with Crippen LogP contribution in [0.4, 0.5) is 5.69 Å². The van der Waals surface area contributed by atoms with Gasteiger partial charge in [-0.05, 0) is 31.0 Å². The van der Waals surface area contributed by atoms with Crippen LogP contribution in [0.2, 0.25) is 0 Å². The fourth-order valence-corrected chi connectivity index (χ4v) is 5.07. The normalized spacial score (nSPS) is 21.5. The topological polar surface area (TPSA) is 101 Å². The summed E-state index contributed by atoms with van der Waals surface area (Å²) in [5, 5.41) is 0. The second kappa shape index (κ2) is 7.40. The van der Waals surface area contributed by atoms with Crippen molar-refractivity contribution in [3.8, 4) is 0 Å². The Morgan fingerprint density at radius 1 is 1.04 bits per heavy atom. The van der Waals surface area contributed by atoms with Crippen molar-refractivity contribution in [1.29, 1.82) is 0 Å². The van der Waals surface area contributed by atoms with Gasteiger partial charge in [0.2, 0.25) is 0 Å². The van der Waals surface area contributed by atoms with E-state index in [-0.39, 0.29) is 21.8 Å². The van der Waals surface area contributed by atoms with Crippen LogP contribution in [0.15, 0.2) is 28.0 Å². The van der Waals surface area contributed by atoms with E-state index in [0.717, 1.165) is 25.4 Å². The quantitative estimate of drug-likeness (QED) is 0.697.